The second-order valence-corrected chi connectivity index (χ2v) is 3.90. The summed E-state index contributed by atoms with van der Waals surface area (Å²) >= 11 is 1.29. The smallest absolute Gasteiger partial charge is 0.321 e. The highest BCUT2D eigenvalue weighted by molar-refractivity contribution is 7.99. The molecule has 6 N–H and O–H groups in total. The molecule has 0 spiro atoms. The SMILES string of the molecule is N[C@H](CCSC[C@@H](N)C(=O)O)C(=O)O. The van der Waals surface area contributed by atoms with Gasteiger partial charge < -0.3 is 21.7 Å². The molecule has 2 atom stereocenters. The molecule has 0 unspecified atom stereocenters. The average molecular weight is 222 g/mol. The van der Waals surface area contributed by atoms with Crippen molar-refractivity contribution >= 4 is 23.7 Å². The van der Waals surface area contributed by atoms with E-state index < -0.39 is 24.0 Å². The number of carbonyl (C=O) groups is 2. The van der Waals surface area contributed by atoms with Crippen LogP contribution in [0.1, 0.15) is 6.42 Å². The van der Waals surface area contributed by atoms with E-state index in [9.17, 15) is 9.59 Å². The maximum absolute atomic E-state index is 10.3. The predicted octanol–water partition coefficient (Wildman–Crippen LogP) is -1.07. The number of nitrogens with two attached hydrogens (primary N) is 2. The fourth-order valence-corrected chi connectivity index (χ4v) is 1.60. The molecule has 7 heteroatoms. The topological polar surface area (TPSA) is 127 Å². The molecule has 0 saturated heterocycles. The molecule has 0 rings (SSSR count). The third kappa shape index (κ3) is 5.79. The lowest BCUT2D eigenvalue weighted by Gasteiger charge is -2.07. The normalized spacial score (nSPS) is 14.7. The summed E-state index contributed by atoms with van der Waals surface area (Å²) in [6, 6.07) is -1.79. The van der Waals surface area contributed by atoms with Crippen molar-refractivity contribution in [2.45, 2.75) is 18.5 Å². The van der Waals surface area contributed by atoms with Gasteiger partial charge in [-0.15, -0.1) is 0 Å². The zero-order valence-corrected chi connectivity index (χ0v) is 8.37. The van der Waals surface area contributed by atoms with E-state index in [1.807, 2.05) is 0 Å². The van der Waals surface area contributed by atoms with E-state index in [0.717, 1.165) is 0 Å². The molecule has 0 aliphatic carbocycles. The number of hydrogen-bond acceptors (Lipinski definition) is 5. The van der Waals surface area contributed by atoms with Gasteiger partial charge in [-0.05, 0) is 12.2 Å². The Morgan fingerprint density at radius 3 is 2.07 bits per heavy atom. The van der Waals surface area contributed by atoms with Crippen LogP contribution in [0.4, 0.5) is 0 Å². The molecule has 0 aliphatic heterocycles. The molecule has 0 aromatic rings. The van der Waals surface area contributed by atoms with Gasteiger partial charge in [0.1, 0.15) is 12.1 Å². The van der Waals surface area contributed by atoms with Crippen LogP contribution in [-0.4, -0.2) is 45.7 Å². The summed E-state index contributed by atoms with van der Waals surface area (Å²) in [6.45, 7) is 0. The van der Waals surface area contributed by atoms with Crippen molar-refractivity contribution in [2.75, 3.05) is 11.5 Å². The number of carboxylic acids is 2. The first kappa shape index (κ1) is 13.2. The van der Waals surface area contributed by atoms with Gasteiger partial charge in [-0.3, -0.25) is 9.59 Å². The van der Waals surface area contributed by atoms with Crippen molar-refractivity contribution in [1.82, 2.24) is 0 Å². The van der Waals surface area contributed by atoms with Crippen LogP contribution in [0, 0.1) is 0 Å². The number of rotatable bonds is 7. The average Bonchev–Trinajstić information content (AvgIpc) is 2.11. The minimum Gasteiger partial charge on any atom is -0.480 e. The van der Waals surface area contributed by atoms with E-state index in [1.165, 1.54) is 11.8 Å². The fourth-order valence-electron chi connectivity index (χ4n) is 0.615. The minimum atomic E-state index is -1.06. The second kappa shape index (κ2) is 6.63. The molecule has 0 saturated carbocycles. The molecule has 14 heavy (non-hydrogen) atoms. The van der Waals surface area contributed by atoms with Crippen LogP contribution in [0.5, 0.6) is 0 Å². The maximum Gasteiger partial charge on any atom is 0.321 e. The largest absolute Gasteiger partial charge is 0.480 e. The molecule has 6 nitrogen and oxygen atoms in total. The van der Waals surface area contributed by atoms with Gasteiger partial charge in [0, 0.05) is 5.75 Å². The van der Waals surface area contributed by atoms with Crippen LogP contribution < -0.4 is 11.5 Å². The molecule has 0 aliphatic rings. The molecular weight excluding hydrogens is 208 g/mol. The first-order valence-corrected chi connectivity index (χ1v) is 5.15. The van der Waals surface area contributed by atoms with E-state index in [0.29, 0.717) is 12.2 Å². The Labute approximate surface area is 85.6 Å². The summed E-state index contributed by atoms with van der Waals surface area (Å²) in [7, 11) is 0. The Morgan fingerprint density at radius 1 is 1.14 bits per heavy atom. The van der Waals surface area contributed by atoms with Crippen molar-refractivity contribution in [3.63, 3.8) is 0 Å². The molecular formula is C7H14N2O4S. The zero-order chi connectivity index (χ0) is 11.1. The fraction of sp³-hybridized carbons (Fsp3) is 0.714. The Balaban J connectivity index is 3.47. The second-order valence-electron chi connectivity index (χ2n) is 2.75. The van der Waals surface area contributed by atoms with Crippen molar-refractivity contribution in [2.24, 2.45) is 11.5 Å². The standard InChI is InChI=1S/C7H14N2O4S/c8-4(6(10)11)1-2-14-3-5(9)7(12)13/h4-5H,1-3,8-9H2,(H,10,11)(H,12,13)/t4-,5-/m1/s1. The third-order valence-electron chi connectivity index (χ3n) is 1.50. The lowest BCUT2D eigenvalue weighted by molar-refractivity contribution is -0.139. The Bertz CT molecular complexity index is 190. The molecule has 82 valence electrons. The number of thioether (sulfide) groups is 1. The highest BCUT2D eigenvalue weighted by atomic mass is 32.2. The van der Waals surface area contributed by atoms with Crippen molar-refractivity contribution in [3.8, 4) is 0 Å². The summed E-state index contributed by atoms with van der Waals surface area (Å²) < 4.78 is 0. The predicted molar refractivity (Wildman–Crippen MR) is 53.2 cm³/mol. The van der Waals surface area contributed by atoms with E-state index >= 15 is 0 Å². The van der Waals surface area contributed by atoms with Crippen molar-refractivity contribution in [1.29, 1.82) is 0 Å². The molecule has 0 radical (unpaired) electrons. The van der Waals surface area contributed by atoms with Crippen molar-refractivity contribution in [3.05, 3.63) is 0 Å². The van der Waals surface area contributed by atoms with E-state index in [1.54, 1.807) is 0 Å². The van der Waals surface area contributed by atoms with Gasteiger partial charge in [-0.2, -0.15) is 11.8 Å². The summed E-state index contributed by atoms with van der Waals surface area (Å²) in [5.74, 6) is -1.34. The molecule has 0 amide bonds. The first-order chi connectivity index (χ1) is 6.45. The summed E-state index contributed by atoms with van der Waals surface area (Å²) in [5, 5.41) is 16.8. The molecule has 0 bridgehead atoms. The Morgan fingerprint density at radius 2 is 1.64 bits per heavy atom. The minimum absolute atomic E-state index is 0.266. The highest BCUT2D eigenvalue weighted by Crippen LogP contribution is 2.05. The first-order valence-electron chi connectivity index (χ1n) is 3.99. The van der Waals surface area contributed by atoms with Gasteiger partial charge in [0.05, 0.1) is 0 Å². The van der Waals surface area contributed by atoms with Crippen molar-refractivity contribution < 1.29 is 19.8 Å². The quantitative estimate of drug-likeness (QED) is 0.404. The Kier molecular flexibility index (Phi) is 6.26. The van der Waals surface area contributed by atoms with E-state index in [2.05, 4.69) is 0 Å². The van der Waals surface area contributed by atoms with Gasteiger partial charge in [-0.1, -0.05) is 0 Å². The monoisotopic (exact) mass is 222 g/mol. The van der Waals surface area contributed by atoms with E-state index in [-0.39, 0.29) is 5.75 Å². The molecule has 0 fully saturated rings. The lowest BCUT2D eigenvalue weighted by Crippen LogP contribution is -2.33. The Hall–Kier alpha value is -0.790. The number of carboxylic acid groups (broad SMARTS) is 2. The molecule has 0 heterocycles. The van der Waals surface area contributed by atoms with Crippen LogP contribution in [0.2, 0.25) is 0 Å². The van der Waals surface area contributed by atoms with Gasteiger partial charge >= 0.3 is 11.9 Å². The molecule has 0 aromatic heterocycles. The van der Waals surface area contributed by atoms with Gasteiger partial charge in [0.25, 0.3) is 0 Å². The number of aliphatic carboxylic acids is 2. The van der Waals surface area contributed by atoms with Crippen LogP contribution in [-0.2, 0) is 9.59 Å². The summed E-state index contributed by atoms with van der Waals surface area (Å²) in [4.78, 5) is 20.6. The van der Waals surface area contributed by atoms with Gasteiger partial charge in [0.15, 0.2) is 0 Å². The third-order valence-corrected chi connectivity index (χ3v) is 2.62. The van der Waals surface area contributed by atoms with Crippen LogP contribution in [0.25, 0.3) is 0 Å². The van der Waals surface area contributed by atoms with Crippen LogP contribution in [0.15, 0.2) is 0 Å². The van der Waals surface area contributed by atoms with Crippen LogP contribution in [0.3, 0.4) is 0 Å². The summed E-state index contributed by atoms with van der Waals surface area (Å²) in [6.07, 6.45) is 0.312. The zero-order valence-electron chi connectivity index (χ0n) is 7.55. The van der Waals surface area contributed by atoms with E-state index in [4.69, 9.17) is 21.7 Å². The maximum atomic E-state index is 10.3. The van der Waals surface area contributed by atoms with Crippen LogP contribution >= 0.6 is 11.8 Å². The van der Waals surface area contributed by atoms with Gasteiger partial charge in [-0.25, -0.2) is 0 Å². The number of hydrogen-bond donors (Lipinski definition) is 4. The van der Waals surface area contributed by atoms with Gasteiger partial charge in [0.2, 0.25) is 0 Å². The lowest BCUT2D eigenvalue weighted by atomic mass is 10.2. The molecule has 0 aromatic carbocycles. The summed E-state index contributed by atoms with van der Waals surface area (Å²) in [5.41, 5.74) is 10.5. The highest BCUT2D eigenvalue weighted by Gasteiger charge is 2.13.